The molecule has 76 valence electrons. The molecule has 13 heavy (non-hydrogen) atoms. The van der Waals surface area contributed by atoms with Crippen LogP contribution in [-0.2, 0) is 9.53 Å². The number of rotatable bonds is 1. The van der Waals surface area contributed by atoms with Crippen LogP contribution in [0.3, 0.4) is 0 Å². The van der Waals surface area contributed by atoms with Gasteiger partial charge in [0.1, 0.15) is 6.04 Å². The van der Waals surface area contributed by atoms with Crippen molar-refractivity contribution < 1.29 is 9.53 Å². The molecule has 2 atom stereocenters. The van der Waals surface area contributed by atoms with Gasteiger partial charge >= 0.3 is 5.97 Å². The van der Waals surface area contributed by atoms with Crippen LogP contribution in [0.2, 0.25) is 0 Å². The lowest BCUT2D eigenvalue weighted by atomic mass is 9.96. The average Bonchev–Trinajstić information content (AvgIpc) is 2.50. The summed E-state index contributed by atoms with van der Waals surface area (Å²) < 4.78 is 4.68. The van der Waals surface area contributed by atoms with E-state index in [4.69, 9.17) is 0 Å². The van der Waals surface area contributed by atoms with Crippen molar-refractivity contribution in [3.8, 4) is 0 Å². The van der Waals surface area contributed by atoms with Crippen molar-refractivity contribution in [3.05, 3.63) is 0 Å². The van der Waals surface area contributed by atoms with Crippen molar-refractivity contribution >= 4 is 17.7 Å². The molecule has 3 nitrogen and oxygen atoms in total. The number of thioether (sulfide) groups is 1. The number of hydrogen-bond donors (Lipinski definition) is 1. The average molecular weight is 203 g/mol. The van der Waals surface area contributed by atoms with E-state index in [1.807, 2.05) is 0 Å². The second kappa shape index (κ2) is 3.88. The number of carbonyl (C=O) groups excluding carboxylic acids is 1. The third-order valence-corrected chi connectivity index (χ3v) is 3.76. The van der Waals surface area contributed by atoms with E-state index in [0.717, 1.165) is 5.75 Å². The van der Waals surface area contributed by atoms with E-state index in [9.17, 15) is 4.79 Å². The summed E-state index contributed by atoms with van der Waals surface area (Å²) in [5.74, 6) is 0.661. The quantitative estimate of drug-likeness (QED) is 0.651. The molecule has 1 aliphatic rings. The van der Waals surface area contributed by atoms with Crippen LogP contribution in [0.4, 0.5) is 0 Å². The lowest BCUT2D eigenvalue weighted by Gasteiger charge is -2.26. The lowest BCUT2D eigenvalue weighted by molar-refractivity contribution is -0.142. The highest BCUT2D eigenvalue weighted by molar-refractivity contribution is 8.00. The van der Waals surface area contributed by atoms with Crippen molar-refractivity contribution in [1.29, 1.82) is 0 Å². The number of nitrogens with one attached hydrogen (secondary N) is 1. The van der Waals surface area contributed by atoms with E-state index in [2.05, 4.69) is 30.8 Å². The number of ether oxygens (including phenoxy) is 1. The van der Waals surface area contributed by atoms with Crippen LogP contribution in [-0.4, -0.2) is 30.2 Å². The van der Waals surface area contributed by atoms with E-state index in [-0.39, 0.29) is 17.4 Å². The van der Waals surface area contributed by atoms with Crippen LogP contribution in [0.25, 0.3) is 0 Å². The molecular weight excluding hydrogens is 186 g/mol. The van der Waals surface area contributed by atoms with Gasteiger partial charge in [0.15, 0.2) is 0 Å². The maximum absolute atomic E-state index is 11.2. The Bertz CT molecular complexity index is 200. The van der Waals surface area contributed by atoms with E-state index < -0.39 is 0 Å². The molecule has 1 aliphatic heterocycles. The van der Waals surface area contributed by atoms with Crippen LogP contribution in [0, 0.1) is 5.41 Å². The standard InChI is InChI=1S/C9H17NO2S/c1-9(2,3)8-10-6(5-13-8)7(11)12-4/h6,8,10H,5H2,1-4H3/t6-,8+/m1/s1. The summed E-state index contributed by atoms with van der Waals surface area (Å²) in [7, 11) is 1.43. The monoisotopic (exact) mass is 203 g/mol. The fourth-order valence-corrected chi connectivity index (χ4v) is 2.63. The molecule has 1 rings (SSSR count). The minimum atomic E-state index is -0.153. The van der Waals surface area contributed by atoms with Crippen LogP contribution < -0.4 is 5.32 Å². The Labute approximate surface area is 83.6 Å². The Hall–Kier alpha value is -0.220. The fourth-order valence-electron chi connectivity index (χ4n) is 1.25. The first-order valence-corrected chi connectivity index (χ1v) is 5.45. The Balaban J connectivity index is 2.50. The first-order valence-electron chi connectivity index (χ1n) is 4.40. The molecule has 0 bridgehead atoms. The second-order valence-electron chi connectivity index (χ2n) is 4.32. The molecule has 0 radical (unpaired) electrons. The summed E-state index contributed by atoms with van der Waals surface area (Å²) in [5.41, 5.74) is 0.188. The SMILES string of the molecule is COC(=O)[C@H]1CS[C@@H](C(C)(C)C)N1. The van der Waals surface area contributed by atoms with Gasteiger partial charge in [-0.25, -0.2) is 0 Å². The molecule has 1 N–H and O–H groups in total. The molecular formula is C9H17NO2S. The molecule has 1 heterocycles. The zero-order chi connectivity index (χ0) is 10.1. The predicted molar refractivity (Wildman–Crippen MR) is 54.6 cm³/mol. The van der Waals surface area contributed by atoms with Gasteiger partial charge in [-0.05, 0) is 5.41 Å². The van der Waals surface area contributed by atoms with Gasteiger partial charge in [0.2, 0.25) is 0 Å². The topological polar surface area (TPSA) is 38.3 Å². The molecule has 0 amide bonds. The maximum atomic E-state index is 11.2. The highest BCUT2D eigenvalue weighted by Crippen LogP contribution is 2.33. The van der Waals surface area contributed by atoms with Gasteiger partial charge in [-0.3, -0.25) is 10.1 Å². The largest absolute Gasteiger partial charge is 0.468 e. The Kier molecular flexibility index (Phi) is 3.24. The third-order valence-electron chi connectivity index (χ3n) is 2.05. The summed E-state index contributed by atoms with van der Waals surface area (Å²) in [4.78, 5) is 11.2. The maximum Gasteiger partial charge on any atom is 0.323 e. The number of carbonyl (C=O) groups is 1. The van der Waals surface area contributed by atoms with Crippen molar-refractivity contribution in [2.24, 2.45) is 5.41 Å². The van der Waals surface area contributed by atoms with Gasteiger partial charge in [-0.15, -0.1) is 11.8 Å². The summed E-state index contributed by atoms with van der Waals surface area (Å²) in [6.07, 6.45) is 0. The second-order valence-corrected chi connectivity index (χ2v) is 5.46. The molecule has 0 aromatic heterocycles. The van der Waals surface area contributed by atoms with Gasteiger partial charge < -0.3 is 4.74 Å². The van der Waals surface area contributed by atoms with E-state index in [1.165, 1.54) is 7.11 Å². The molecule has 1 saturated heterocycles. The fraction of sp³-hybridized carbons (Fsp3) is 0.889. The van der Waals surface area contributed by atoms with E-state index in [0.29, 0.717) is 5.37 Å². The summed E-state index contributed by atoms with van der Waals surface area (Å²) >= 11 is 1.79. The van der Waals surface area contributed by atoms with Crippen LogP contribution in [0.15, 0.2) is 0 Å². The van der Waals surface area contributed by atoms with E-state index in [1.54, 1.807) is 11.8 Å². The van der Waals surface area contributed by atoms with Gasteiger partial charge in [-0.2, -0.15) is 0 Å². The number of methoxy groups -OCH3 is 1. The summed E-state index contributed by atoms with van der Waals surface area (Å²) in [6.45, 7) is 6.49. The van der Waals surface area contributed by atoms with Crippen molar-refractivity contribution in [2.45, 2.75) is 32.2 Å². The first-order chi connectivity index (χ1) is 5.95. The smallest absolute Gasteiger partial charge is 0.323 e. The van der Waals surface area contributed by atoms with Crippen LogP contribution in [0.1, 0.15) is 20.8 Å². The zero-order valence-electron chi connectivity index (χ0n) is 8.59. The Morgan fingerprint density at radius 2 is 2.15 bits per heavy atom. The minimum Gasteiger partial charge on any atom is -0.468 e. The highest BCUT2D eigenvalue weighted by atomic mass is 32.2. The summed E-state index contributed by atoms with van der Waals surface area (Å²) in [6, 6.07) is -0.126. The van der Waals surface area contributed by atoms with Crippen molar-refractivity contribution in [1.82, 2.24) is 5.32 Å². The third kappa shape index (κ3) is 2.61. The zero-order valence-corrected chi connectivity index (χ0v) is 9.40. The highest BCUT2D eigenvalue weighted by Gasteiger charge is 2.36. The Morgan fingerprint density at radius 3 is 2.54 bits per heavy atom. The van der Waals surface area contributed by atoms with Crippen molar-refractivity contribution in [2.75, 3.05) is 12.9 Å². The van der Waals surface area contributed by atoms with Crippen molar-refractivity contribution in [3.63, 3.8) is 0 Å². The normalized spacial score (nSPS) is 28.9. The van der Waals surface area contributed by atoms with Gasteiger partial charge in [0.25, 0.3) is 0 Å². The van der Waals surface area contributed by atoms with Gasteiger partial charge in [0.05, 0.1) is 12.5 Å². The summed E-state index contributed by atoms with van der Waals surface area (Å²) in [5, 5.41) is 3.61. The molecule has 0 saturated carbocycles. The molecule has 4 heteroatoms. The Morgan fingerprint density at radius 1 is 1.54 bits per heavy atom. The minimum absolute atomic E-state index is 0.126. The molecule has 0 aliphatic carbocycles. The lowest BCUT2D eigenvalue weighted by Crippen LogP contribution is -2.42. The van der Waals surface area contributed by atoms with Crippen LogP contribution >= 0.6 is 11.8 Å². The number of esters is 1. The van der Waals surface area contributed by atoms with Gasteiger partial charge in [0, 0.05) is 5.75 Å². The number of hydrogen-bond acceptors (Lipinski definition) is 4. The molecule has 0 aromatic rings. The van der Waals surface area contributed by atoms with Gasteiger partial charge in [-0.1, -0.05) is 20.8 Å². The molecule has 0 aromatic carbocycles. The molecule has 1 fully saturated rings. The first kappa shape index (κ1) is 10.9. The van der Waals surface area contributed by atoms with Crippen LogP contribution in [0.5, 0.6) is 0 Å². The molecule has 0 spiro atoms. The van der Waals surface area contributed by atoms with E-state index >= 15 is 0 Å². The predicted octanol–water partition coefficient (Wildman–Crippen LogP) is 1.24. The molecule has 0 unspecified atom stereocenters.